The molecule has 1 aliphatic carbocycles. The van der Waals surface area contributed by atoms with Crippen LogP contribution in [0.25, 0.3) is 16.9 Å². The number of alkyl carbamates (subject to hydrolysis) is 1. The van der Waals surface area contributed by atoms with E-state index in [2.05, 4.69) is 31.5 Å². The summed E-state index contributed by atoms with van der Waals surface area (Å²) in [7, 11) is -0.325. The summed E-state index contributed by atoms with van der Waals surface area (Å²) in [4.78, 5) is 15.8. The van der Waals surface area contributed by atoms with Gasteiger partial charge in [-0.2, -0.15) is 10.4 Å². The molecule has 164 valence electrons. The fourth-order valence-corrected chi connectivity index (χ4v) is 4.02. The molecular weight excluding hydrogens is 411 g/mol. The van der Waals surface area contributed by atoms with Crippen LogP contribution in [0, 0.1) is 11.3 Å². The Hall–Kier alpha value is -3.62. The summed E-state index contributed by atoms with van der Waals surface area (Å²) in [6, 6.07) is 9.46. The molecule has 1 fully saturated rings. The van der Waals surface area contributed by atoms with Crippen LogP contribution in [-0.4, -0.2) is 57.1 Å². The summed E-state index contributed by atoms with van der Waals surface area (Å²) in [6.07, 6.45) is 5.69. The molecule has 3 aromatic heterocycles. The Labute approximate surface area is 185 Å². The number of methoxy groups -OCH3 is 1. The molecule has 0 aliphatic heterocycles. The van der Waals surface area contributed by atoms with Crippen molar-refractivity contribution in [2.75, 3.05) is 12.4 Å². The van der Waals surface area contributed by atoms with Gasteiger partial charge in [0.25, 0.3) is 0 Å². The van der Waals surface area contributed by atoms with Crippen molar-refractivity contribution < 1.29 is 19.6 Å². The van der Waals surface area contributed by atoms with Gasteiger partial charge in [-0.25, -0.2) is 9.31 Å². The Balaban J connectivity index is 1.56. The van der Waals surface area contributed by atoms with Crippen molar-refractivity contribution >= 4 is 29.9 Å². The van der Waals surface area contributed by atoms with Gasteiger partial charge in [0.2, 0.25) is 0 Å². The van der Waals surface area contributed by atoms with Gasteiger partial charge in [-0.3, -0.25) is 4.98 Å². The van der Waals surface area contributed by atoms with Crippen LogP contribution in [0.4, 0.5) is 10.5 Å². The van der Waals surface area contributed by atoms with Gasteiger partial charge in [-0.15, -0.1) is 0 Å². The van der Waals surface area contributed by atoms with Gasteiger partial charge in [0.1, 0.15) is 6.07 Å². The standard InChI is InChI=1S/C21H23BN6O4/c1-32-21(29)27-15-4-2-14(3-5-15)26-18-9-19(24-12-17(18)22(30)31)20-7-6-16-8-13(10-23)11-25-28(16)20/h6-9,11-12,14-15,30-31H,2-5H2,1H3,(H,24,26)(H,27,29)/t14-,15-. The molecule has 0 atom stereocenters. The Kier molecular flexibility index (Phi) is 6.25. The molecule has 10 nitrogen and oxygen atoms in total. The molecule has 3 heterocycles. The molecule has 32 heavy (non-hydrogen) atoms. The van der Waals surface area contributed by atoms with E-state index in [-0.39, 0.29) is 17.5 Å². The first-order chi connectivity index (χ1) is 15.5. The van der Waals surface area contributed by atoms with Gasteiger partial charge < -0.3 is 25.4 Å². The van der Waals surface area contributed by atoms with E-state index in [9.17, 15) is 14.8 Å². The monoisotopic (exact) mass is 434 g/mol. The third-order valence-corrected chi connectivity index (χ3v) is 5.70. The maximum Gasteiger partial charge on any atom is 0.492 e. The van der Waals surface area contributed by atoms with Crippen LogP contribution in [0.2, 0.25) is 0 Å². The number of hydrogen-bond donors (Lipinski definition) is 4. The molecule has 0 bridgehead atoms. The van der Waals surface area contributed by atoms with Crippen molar-refractivity contribution in [3.8, 4) is 17.5 Å². The van der Waals surface area contributed by atoms with E-state index in [0.717, 1.165) is 36.9 Å². The maximum absolute atomic E-state index is 11.4. The average Bonchev–Trinajstić information content (AvgIpc) is 3.23. The number of pyridine rings is 1. The van der Waals surface area contributed by atoms with Gasteiger partial charge in [-0.05, 0) is 49.9 Å². The molecule has 4 rings (SSSR count). The predicted octanol–water partition coefficient (Wildman–Crippen LogP) is 1.03. The summed E-state index contributed by atoms with van der Waals surface area (Å²) in [5.41, 5.74) is 3.42. The van der Waals surface area contributed by atoms with Crippen LogP contribution >= 0.6 is 0 Å². The minimum atomic E-state index is -1.67. The first-order valence-corrected chi connectivity index (χ1v) is 10.3. The van der Waals surface area contributed by atoms with E-state index in [1.807, 2.05) is 12.1 Å². The number of carbonyl (C=O) groups is 1. The zero-order valence-corrected chi connectivity index (χ0v) is 17.5. The lowest BCUT2D eigenvalue weighted by Crippen LogP contribution is -2.41. The molecule has 1 amide bonds. The molecular formula is C21H23BN6O4. The van der Waals surface area contributed by atoms with E-state index in [1.54, 1.807) is 16.6 Å². The van der Waals surface area contributed by atoms with Crippen molar-refractivity contribution in [3.05, 3.63) is 42.2 Å². The normalized spacial score (nSPS) is 18.1. The molecule has 1 aliphatic rings. The zero-order valence-electron chi connectivity index (χ0n) is 17.5. The van der Waals surface area contributed by atoms with Crippen molar-refractivity contribution in [3.63, 3.8) is 0 Å². The van der Waals surface area contributed by atoms with Crippen LogP contribution in [0.3, 0.4) is 0 Å². The van der Waals surface area contributed by atoms with E-state index in [4.69, 9.17) is 5.26 Å². The number of ether oxygens (including phenoxy) is 1. The number of nitrogens with one attached hydrogen (secondary N) is 2. The minimum Gasteiger partial charge on any atom is -0.453 e. The number of amides is 1. The highest BCUT2D eigenvalue weighted by Gasteiger charge is 2.25. The average molecular weight is 434 g/mol. The third-order valence-electron chi connectivity index (χ3n) is 5.70. The van der Waals surface area contributed by atoms with Gasteiger partial charge >= 0.3 is 13.2 Å². The van der Waals surface area contributed by atoms with Crippen LogP contribution in [0.5, 0.6) is 0 Å². The number of nitriles is 1. The molecule has 0 aromatic carbocycles. The van der Waals surface area contributed by atoms with Crippen LogP contribution in [-0.2, 0) is 4.74 Å². The second-order valence-electron chi connectivity index (χ2n) is 7.77. The van der Waals surface area contributed by atoms with E-state index >= 15 is 0 Å². The van der Waals surface area contributed by atoms with E-state index < -0.39 is 13.2 Å². The van der Waals surface area contributed by atoms with Crippen molar-refractivity contribution in [1.82, 2.24) is 19.9 Å². The Bertz CT molecular complexity index is 1170. The van der Waals surface area contributed by atoms with Crippen LogP contribution in [0.15, 0.2) is 36.7 Å². The number of aromatic nitrogens is 3. The number of hydrogen-bond acceptors (Lipinski definition) is 8. The van der Waals surface area contributed by atoms with E-state index in [1.165, 1.54) is 19.5 Å². The molecule has 3 aromatic rings. The highest BCUT2D eigenvalue weighted by molar-refractivity contribution is 6.60. The van der Waals surface area contributed by atoms with Crippen LogP contribution < -0.4 is 16.1 Å². The Morgan fingerprint density at radius 2 is 1.97 bits per heavy atom. The number of carbonyl (C=O) groups excluding carboxylic acids is 1. The SMILES string of the molecule is COC(=O)N[C@H]1CC[C@H](Nc2cc(-c3ccc4cc(C#N)cnn34)ncc2B(O)O)CC1. The molecule has 0 unspecified atom stereocenters. The van der Waals surface area contributed by atoms with Crippen molar-refractivity contribution in [2.24, 2.45) is 0 Å². The summed E-state index contributed by atoms with van der Waals surface area (Å²) in [5, 5.41) is 39.3. The van der Waals surface area contributed by atoms with Crippen molar-refractivity contribution in [1.29, 1.82) is 5.26 Å². The summed E-state index contributed by atoms with van der Waals surface area (Å²) in [5.74, 6) is 0. The molecule has 0 spiro atoms. The van der Waals surface area contributed by atoms with Crippen LogP contribution in [0.1, 0.15) is 31.2 Å². The topological polar surface area (TPSA) is 145 Å². The molecule has 0 radical (unpaired) electrons. The predicted molar refractivity (Wildman–Crippen MR) is 118 cm³/mol. The largest absolute Gasteiger partial charge is 0.492 e. The second kappa shape index (κ2) is 9.26. The molecule has 1 saturated carbocycles. The van der Waals surface area contributed by atoms with Gasteiger partial charge in [0, 0.05) is 29.4 Å². The second-order valence-corrected chi connectivity index (χ2v) is 7.77. The van der Waals surface area contributed by atoms with Gasteiger partial charge in [0.05, 0.1) is 35.8 Å². The molecule has 11 heteroatoms. The lowest BCUT2D eigenvalue weighted by Gasteiger charge is -2.30. The zero-order chi connectivity index (χ0) is 22.7. The Morgan fingerprint density at radius 3 is 2.66 bits per heavy atom. The summed E-state index contributed by atoms with van der Waals surface area (Å²) < 4.78 is 6.34. The Morgan fingerprint density at radius 1 is 1.22 bits per heavy atom. The van der Waals surface area contributed by atoms with Gasteiger partial charge in [-0.1, -0.05) is 0 Å². The third kappa shape index (κ3) is 4.51. The van der Waals surface area contributed by atoms with Gasteiger partial charge in [0.15, 0.2) is 0 Å². The fraction of sp³-hybridized carbons (Fsp3) is 0.333. The minimum absolute atomic E-state index is 0.0628. The molecule has 0 saturated heterocycles. The number of fused-ring (bicyclic) bond motifs is 1. The quantitative estimate of drug-likeness (QED) is 0.436. The smallest absolute Gasteiger partial charge is 0.453 e. The highest BCUT2D eigenvalue weighted by Crippen LogP contribution is 2.25. The number of rotatable bonds is 5. The summed E-state index contributed by atoms with van der Waals surface area (Å²) >= 11 is 0. The summed E-state index contributed by atoms with van der Waals surface area (Å²) in [6.45, 7) is 0. The number of anilines is 1. The number of nitrogens with zero attached hydrogens (tertiary/aromatic N) is 4. The lowest BCUT2D eigenvalue weighted by atomic mass is 9.79. The van der Waals surface area contributed by atoms with E-state index in [0.29, 0.717) is 16.9 Å². The first kappa shape index (κ1) is 21.6. The highest BCUT2D eigenvalue weighted by atomic mass is 16.5. The molecule has 4 N–H and O–H groups in total. The lowest BCUT2D eigenvalue weighted by molar-refractivity contribution is 0.162. The first-order valence-electron chi connectivity index (χ1n) is 10.3. The maximum atomic E-state index is 11.4. The van der Waals surface area contributed by atoms with Crippen molar-refractivity contribution in [2.45, 2.75) is 37.8 Å². The fourth-order valence-electron chi connectivity index (χ4n) is 4.02.